The lowest BCUT2D eigenvalue weighted by Gasteiger charge is -2.31. The highest BCUT2D eigenvalue weighted by Gasteiger charge is 2.25. The molecular formula is C19H18N2O. The number of hydrazone groups is 1. The Morgan fingerprint density at radius 1 is 1.09 bits per heavy atom. The summed E-state index contributed by atoms with van der Waals surface area (Å²) in [5.41, 5.74) is 5.93. The van der Waals surface area contributed by atoms with Gasteiger partial charge in [0, 0.05) is 11.8 Å². The zero-order chi connectivity index (χ0) is 15.5. The second kappa shape index (κ2) is 5.98. The van der Waals surface area contributed by atoms with Crippen molar-refractivity contribution < 1.29 is 4.79 Å². The highest BCUT2D eigenvalue weighted by atomic mass is 16.1. The van der Waals surface area contributed by atoms with Crippen molar-refractivity contribution in [3.8, 4) is 0 Å². The number of carbonyl (C=O) groups is 1. The molecule has 110 valence electrons. The number of aryl methyl sites for hydroxylation is 2. The summed E-state index contributed by atoms with van der Waals surface area (Å²) in [4.78, 5) is 10.7. The lowest BCUT2D eigenvalue weighted by Crippen LogP contribution is -2.24. The second-order valence-electron chi connectivity index (χ2n) is 5.55. The predicted molar refractivity (Wildman–Crippen MR) is 88.8 cm³/mol. The first-order valence-electron chi connectivity index (χ1n) is 7.30. The van der Waals surface area contributed by atoms with E-state index in [4.69, 9.17) is 0 Å². The SMILES string of the molecule is Cc1cc(C)cc(C2c3ccccc3C=NN2C=CC=O)c1. The molecule has 2 aromatic carbocycles. The van der Waals surface area contributed by atoms with Gasteiger partial charge in [-0.05, 0) is 31.1 Å². The Morgan fingerprint density at radius 3 is 2.55 bits per heavy atom. The van der Waals surface area contributed by atoms with Crippen molar-refractivity contribution in [3.05, 3.63) is 82.6 Å². The lowest BCUT2D eigenvalue weighted by molar-refractivity contribution is -0.104. The van der Waals surface area contributed by atoms with Crippen molar-refractivity contribution >= 4 is 12.5 Å². The fourth-order valence-corrected chi connectivity index (χ4v) is 2.96. The molecule has 1 heterocycles. The molecule has 1 unspecified atom stereocenters. The van der Waals surface area contributed by atoms with E-state index in [0.717, 1.165) is 11.8 Å². The van der Waals surface area contributed by atoms with Crippen molar-refractivity contribution in [2.75, 3.05) is 0 Å². The highest BCUT2D eigenvalue weighted by Crippen LogP contribution is 2.34. The van der Waals surface area contributed by atoms with Gasteiger partial charge in [0.15, 0.2) is 0 Å². The number of rotatable bonds is 3. The van der Waals surface area contributed by atoms with Crippen LogP contribution in [-0.4, -0.2) is 17.5 Å². The molecule has 0 fully saturated rings. The summed E-state index contributed by atoms with van der Waals surface area (Å²) < 4.78 is 0. The van der Waals surface area contributed by atoms with Gasteiger partial charge in [-0.1, -0.05) is 53.6 Å². The number of hydrogen-bond donors (Lipinski definition) is 0. The normalized spacial score (nSPS) is 16.8. The third-order valence-electron chi connectivity index (χ3n) is 3.76. The number of nitrogens with zero attached hydrogens (tertiary/aromatic N) is 2. The van der Waals surface area contributed by atoms with Gasteiger partial charge in [0.1, 0.15) is 12.3 Å². The Balaban J connectivity index is 2.15. The Kier molecular flexibility index (Phi) is 3.88. The summed E-state index contributed by atoms with van der Waals surface area (Å²) >= 11 is 0. The van der Waals surface area contributed by atoms with Gasteiger partial charge in [-0.15, -0.1) is 0 Å². The van der Waals surface area contributed by atoms with Crippen LogP contribution in [0, 0.1) is 13.8 Å². The largest absolute Gasteiger partial charge is 0.299 e. The number of allylic oxidation sites excluding steroid dienone is 1. The lowest BCUT2D eigenvalue weighted by atomic mass is 9.91. The average molecular weight is 290 g/mol. The molecule has 0 N–H and O–H groups in total. The number of benzene rings is 2. The summed E-state index contributed by atoms with van der Waals surface area (Å²) in [6.45, 7) is 4.19. The molecule has 0 radical (unpaired) electrons. The topological polar surface area (TPSA) is 32.7 Å². The van der Waals surface area contributed by atoms with Crippen LogP contribution in [-0.2, 0) is 4.79 Å². The van der Waals surface area contributed by atoms with E-state index in [0.29, 0.717) is 0 Å². The third kappa shape index (κ3) is 2.70. The van der Waals surface area contributed by atoms with Crippen LogP contribution in [0.4, 0.5) is 0 Å². The molecule has 0 amide bonds. The van der Waals surface area contributed by atoms with Crippen LogP contribution in [0.1, 0.15) is 33.9 Å². The third-order valence-corrected chi connectivity index (χ3v) is 3.76. The fourth-order valence-electron chi connectivity index (χ4n) is 2.96. The van der Waals surface area contributed by atoms with E-state index >= 15 is 0 Å². The van der Waals surface area contributed by atoms with Crippen molar-refractivity contribution in [1.29, 1.82) is 0 Å². The van der Waals surface area contributed by atoms with E-state index in [1.54, 1.807) is 6.20 Å². The molecule has 1 aliphatic heterocycles. The maximum atomic E-state index is 10.7. The first-order chi connectivity index (χ1) is 10.7. The minimum absolute atomic E-state index is 0.0176. The van der Waals surface area contributed by atoms with Gasteiger partial charge in [0.05, 0.1) is 6.21 Å². The van der Waals surface area contributed by atoms with Gasteiger partial charge in [0.2, 0.25) is 0 Å². The fraction of sp³-hybridized carbons (Fsp3) is 0.158. The summed E-state index contributed by atoms with van der Waals surface area (Å²) in [6.07, 6.45) is 5.81. The minimum atomic E-state index is -0.0176. The molecule has 0 spiro atoms. The van der Waals surface area contributed by atoms with Crippen LogP contribution in [0.2, 0.25) is 0 Å². The number of hydrogen-bond acceptors (Lipinski definition) is 3. The molecule has 0 saturated carbocycles. The second-order valence-corrected chi connectivity index (χ2v) is 5.55. The van der Waals surface area contributed by atoms with E-state index in [9.17, 15) is 4.79 Å². The van der Waals surface area contributed by atoms with E-state index in [1.807, 2.05) is 23.4 Å². The van der Waals surface area contributed by atoms with Gasteiger partial charge in [-0.3, -0.25) is 9.80 Å². The van der Waals surface area contributed by atoms with Crippen LogP contribution in [0.3, 0.4) is 0 Å². The van der Waals surface area contributed by atoms with Crippen molar-refractivity contribution in [2.45, 2.75) is 19.9 Å². The van der Waals surface area contributed by atoms with Gasteiger partial charge in [-0.25, -0.2) is 0 Å². The minimum Gasteiger partial charge on any atom is -0.299 e. The molecule has 2 aromatic rings. The van der Waals surface area contributed by atoms with Crippen molar-refractivity contribution in [1.82, 2.24) is 5.01 Å². The van der Waals surface area contributed by atoms with Gasteiger partial charge < -0.3 is 0 Å². The molecule has 22 heavy (non-hydrogen) atoms. The number of fused-ring (bicyclic) bond motifs is 1. The number of aldehydes is 1. The molecule has 0 aliphatic carbocycles. The first-order valence-corrected chi connectivity index (χ1v) is 7.30. The Labute approximate surface area is 130 Å². The quantitative estimate of drug-likeness (QED) is 0.637. The summed E-state index contributed by atoms with van der Waals surface area (Å²) in [7, 11) is 0. The van der Waals surface area contributed by atoms with Crippen LogP contribution < -0.4 is 0 Å². The van der Waals surface area contributed by atoms with Crippen LogP contribution in [0.25, 0.3) is 0 Å². The maximum absolute atomic E-state index is 10.7. The molecular weight excluding hydrogens is 272 g/mol. The van der Waals surface area contributed by atoms with E-state index < -0.39 is 0 Å². The molecule has 0 aromatic heterocycles. The monoisotopic (exact) mass is 290 g/mol. The first kappa shape index (κ1) is 14.3. The van der Waals surface area contributed by atoms with Gasteiger partial charge >= 0.3 is 0 Å². The number of carbonyl (C=O) groups excluding carboxylic acids is 1. The van der Waals surface area contributed by atoms with Crippen molar-refractivity contribution in [3.63, 3.8) is 0 Å². The molecule has 3 nitrogen and oxygen atoms in total. The van der Waals surface area contributed by atoms with Gasteiger partial charge in [0.25, 0.3) is 0 Å². The smallest absolute Gasteiger partial charge is 0.144 e. The average Bonchev–Trinajstić information content (AvgIpc) is 2.51. The maximum Gasteiger partial charge on any atom is 0.144 e. The molecule has 0 saturated heterocycles. The van der Waals surface area contributed by atoms with Gasteiger partial charge in [-0.2, -0.15) is 5.10 Å². The standard InChI is InChI=1S/C19H18N2O/c1-14-10-15(2)12-17(11-14)19-18-7-4-3-6-16(18)13-20-21(19)8-5-9-22/h3-13,19H,1-2H3. The van der Waals surface area contributed by atoms with E-state index in [-0.39, 0.29) is 6.04 Å². The molecule has 1 aliphatic rings. The Morgan fingerprint density at radius 2 is 1.82 bits per heavy atom. The van der Waals surface area contributed by atoms with Crippen LogP contribution in [0.15, 0.2) is 59.8 Å². The van der Waals surface area contributed by atoms with Crippen LogP contribution >= 0.6 is 0 Å². The zero-order valence-electron chi connectivity index (χ0n) is 12.7. The summed E-state index contributed by atoms with van der Waals surface area (Å²) in [5, 5.41) is 6.33. The molecule has 1 atom stereocenters. The summed E-state index contributed by atoms with van der Waals surface area (Å²) in [5.74, 6) is 0. The van der Waals surface area contributed by atoms with Crippen molar-refractivity contribution in [2.24, 2.45) is 5.10 Å². The van der Waals surface area contributed by atoms with Crippen LogP contribution in [0.5, 0.6) is 0 Å². The summed E-state index contributed by atoms with van der Waals surface area (Å²) in [6, 6.07) is 14.7. The highest BCUT2D eigenvalue weighted by molar-refractivity contribution is 5.83. The molecule has 3 heteroatoms. The zero-order valence-corrected chi connectivity index (χ0v) is 12.7. The Hall–Kier alpha value is -2.68. The predicted octanol–water partition coefficient (Wildman–Crippen LogP) is 3.75. The Bertz CT molecular complexity index is 742. The van der Waals surface area contributed by atoms with E-state index in [1.165, 1.54) is 28.3 Å². The molecule has 3 rings (SSSR count). The molecule has 0 bridgehead atoms. The van der Waals surface area contributed by atoms with E-state index in [2.05, 4.69) is 49.3 Å².